The number of nitrogens with two attached hydrogens (primary N) is 1. The van der Waals surface area contributed by atoms with E-state index in [1.165, 1.54) is 0 Å². The normalized spacial score (nSPS) is 14.2. The summed E-state index contributed by atoms with van der Waals surface area (Å²) in [6.07, 6.45) is -5.05. The number of rotatable bonds is 4. The average molecular weight is 293 g/mol. The van der Waals surface area contributed by atoms with E-state index in [1.807, 2.05) is 0 Å². The highest BCUT2D eigenvalue weighted by molar-refractivity contribution is 5.67. The van der Waals surface area contributed by atoms with E-state index in [1.54, 1.807) is 0 Å². The summed E-state index contributed by atoms with van der Waals surface area (Å²) >= 11 is 0. The zero-order valence-corrected chi connectivity index (χ0v) is 11.0. The van der Waals surface area contributed by atoms with Crippen LogP contribution in [0.5, 0.6) is 0 Å². The number of aliphatic carboxylic acids is 1. The van der Waals surface area contributed by atoms with Gasteiger partial charge in [0.1, 0.15) is 5.82 Å². The number of alkyl halides is 3. The Bertz CT molecular complexity index is 512. The molecule has 3 N–H and O–H groups in total. The van der Waals surface area contributed by atoms with Crippen molar-refractivity contribution in [3.63, 3.8) is 0 Å². The number of halogens is 4. The second-order valence-electron chi connectivity index (χ2n) is 5.10. The van der Waals surface area contributed by atoms with Crippen LogP contribution in [0.4, 0.5) is 17.6 Å². The van der Waals surface area contributed by atoms with E-state index >= 15 is 0 Å². The molecule has 0 heterocycles. The zero-order chi connectivity index (χ0) is 15.7. The minimum absolute atomic E-state index is 0.0275. The molecule has 0 bridgehead atoms. The minimum Gasteiger partial charge on any atom is -0.481 e. The molecule has 1 aromatic carbocycles. The molecule has 0 aliphatic carbocycles. The number of carboxylic acid groups (broad SMARTS) is 1. The molecule has 0 aliphatic rings. The second kappa shape index (κ2) is 5.40. The third kappa shape index (κ3) is 3.47. The average Bonchev–Trinajstić information content (AvgIpc) is 2.25. The van der Waals surface area contributed by atoms with Crippen LogP contribution in [-0.4, -0.2) is 17.3 Å². The lowest BCUT2D eigenvalue weighted by Crippen LogP contribution is -2.36. The highest BCUT2D eigenvalue weighted by Crippen LogP contribution is 2.41. The molecule has 3 nitrogen and oxygen atoms in total. The minimum atomic E-state index is -4.56. The zero-order valence-electron chi connectivity index (χ0n) is 11.0. The second-order valence-corrected chi connectivity index (χ2v) is 5.10. The van der Waals surface area contributed by atoms with Crippen molar-refractivity contribution < 1.29 is 27.5 Å². The van der Waals surface area contributed by atoms with Crippen molar-refractivity contribution >= 4 is 5.97 Å². The van der Waals surface area contributed by atoms with Gasteiger partial charge in [-0.1, -0.05) is 6.07 Å². The van der Waals surface area contributed by atoms with Crippen molar-refractivity contribution in [3.8, 4) is 0 Å². The van der Waals surface area contributed by atoms with Gasteiger partial charge in [0.2, 0.25) is 0 Å². The van der Waals surface area contributed by atoms with Gasteiger partial charge < -0.3 is 10.8 Å². The fraction of sp³-hybridized carbons (Fsp3) is 0.462. The maximum absolute atomic E-state index is 13.5. The van der Waals surface area contributed by atoms with Crippen LogP contribution >= 0.6 is 0 Å². The summed E-state index contributed by atoms with van der Waals surface area (Å²) in [5, 5.41) is 8.62. The smallest absolute Gasteiger partial charge is 0.397 e. The third-order valence-corrected chi connectivity index (χ3v) is 3.17. The molecule has 112 valence electrons. The molecule has 0 amide bonds. The first kappa shape index (κ1) is 16.4. The van der Waals surface area contributed by atoms with Crippen molar-refractivity contribution in [2.24, 2.45) is 5.73 Å². The van der Waals surface area contributed by atoms with E-state index in [0.717, 1.165) is 32.0 Å². The summed E-state index contributed by atoms with van der Waals surface area (Å²) < 4.78 is 52.3. The van der Waals surface area contributed by atoms with Crippen molar-refractivity contribution in [2.75, 3.05) is 0 Å². The van der Waals surface area contributed by atoms with Gasteiger partial charge in [-0.2, -0.15) is 13.2 Å². The number of benzene rings is 1. The number of hydrogen-bond acceptors (Lipinski definition) is 2. The first-order valence-corrected chi connectivity index (χ1v) is 5.80. The molecule has 0 aromatic heterocycles. The number of carbonyl (C=O) groups is 1. The molecule has 1 rings (SSSR count). The Hall–Kier alpha value is -1.63. The lowest BCUT2D eigenvalue weighted by atomic mass is 9.82. The topological polar surface area (TPSA) is 63.3 Å². The fourth-order valence-corrected chi connectivity index (χ4v) is 1.66. The Morgan fingerprint density at radius 1 is 1.30 bits per heavy atom. The first-order chi connectivity index (χ1) is 8.95. The molecular formula is C13H15F4NO2. The fourth-order valence-electron chi connectivity index (χ4n) is 1.66. The largest absolute Gasteiger partial charge is 0.481 e. The maximum Gasteiger partial charge on any atom is 0.397 e. The van der Waals surface area contributed by atoms with Gasteiger partial charge in [0, 0.05) is 6.04 Å². The highest BCUT2D eigenvalue weighted by Gasteiger charge is 2.48. The Balaban J connectivity index is 3.25. The van der Waals surface area contributed by atoms with Gasteiger partial charge in [-0.15, -0.1) is 0 Å². The molecule has 20 heavy (non-hydrogen) atoms. The molecule has 0 spiro atoms. The lowest BCUT2D eigenvalue weighted by Gasteiger charge is -2.29. The van der Waals surface area contributed by atoms with E-state index in [4.69, 9.17) is 10.8 Å². The molecule has 0 radical (unpaired) electrons. The summed E-state index contributed by atoms with van der Waals surface area (Å²) in [4.78, 5) is 10.6. The van der Waals surface area contributed by atoms with Gasteiger partial charge in [-0.3, -0.25) is 4.79 Å². The van der Waals surface area contributed by atoms with Gasteiger partial charge in [0.05, 0.1) is 11.8 Å². The van der Waals surface area contributed by atoms with Gasteiger partial charge in [-0.05, 0) is 37.1 Å². The van der Waals surface area contributed by atoms with Gasteiger partial charge in [0.25, 0.3) is 0 Å². The third-order valence-electron chi connectivity index (χ3n) is 3.17. The van der Waals surface area contributed by atoms with Gasteiger partial charge in [-0.25, -0.2) is 4.39 Å². The van der Waals surface area contributed by atoms with Crippen LogP contribution in [0, 0.1) is 5.82 Å². The van der Waals surface area contributed by atoms with Crippen molar-refractivity contribution in [2.45, 2.75) is 37.9 Å². The molecule has 1 aromatic rings. The van der Waals surface area contributed by atoms with Crippen LogP contribution < -0.4 is 5.73 Å². The predicted molar refractivity (Wildman–Crippen MR) is 64.7 cm³/mol. The number of carboxylic acids is 1. The Morgan fingerprint density at radius 3 is 2.30 bits per heavy atom. The predicted octanol–water partition coefficient (Wildman–Crippen LogP) is 3.14. The van der Waals surface area contributed by atoms with E-state index in [9.17, 15) is 22.4 Å². The molecule has 7 heteroatoms. The number of hydrogen-bond donors (Lipinski definition) is 2. The van der Waals surface area contributed by atoms with E-state index < -0.39 is 35.8 Å². The van der Waals surface area contributed by atoms with Crippen molar-refractivity contribution in [1.82, 2.24) is 0 Å². The molecule has 0 aliphatic heterocycles. The summed E-state index contributed by atoms with van der Waals surface area (Å²) in [7, 11) is 0. The Kier molecular flexibility index (Phi) is 4.43. The summed E-state index contributed by atoms with van der Waals surface area (Å²) in [5.41, 5.74) is 3.04. The van der Waals surface area contributed by atoms with E-state index in [-0.39, 0.29) is 11.1 Å². The Labute approximate surface area is 113 Å². The van der Waals surface area contributed by atoms with Crippen LogP contribution in [0.15, 0.2) is 18.2 Å². The van der Waals surface area contributed by atoms with Gasteiger partial charge >= 0.3 is 12.1 Å². The molecule has 0 fully saturated rings. The van der Waals surface area contributed by atoms with Crippen LogP contribution in [0.3, 0.4) is 0 Å². The Morgan fingerprint density at radius 2 is 1.85 bits per heavy atom. The molecule has 1 atom stereocenters. The van der Waals surface area contributed by atoms with Crippen molar-refractivity contribution in [1.29, 1.82) is 0 Å². The summed E-state index contributed by atoms with van der Waals surface area (Å²) in [5.74, 6) is -2.09. The van der Waals surface area contributed by atoms with Crippen LogP contribution in [0.25, 0.3) is 0 Å². The lowest BCUT2D eigenvalue weighted by molar-refractivity contribution is -0.180. The molecule has 0 saturated carbocycles. The first-order valence-electron chi connectivity index (χ1n) is 5.80. The standard InChI is InChI=1S/C13H15F4NO2/c1-12(2,13(15,16)17)8-3-7(4-9(14)5-8)10(18)6-11(19)20/h3-5,10H,6,18H2,1-2H3,(H,19,20). The highest BCUT2D eigenvalue weighted by atomic mass is 19.4. The molecule has 1 unspecified atom stereocenters. The monoisotopic (exact) mass is 293 g/mol. The van der Waals surface area contributed by atoms with Crippen molar-refractivity contribution in [3.05, 3.63) is 35.1 Å². The maximum atomic E-state index is 13.5. The van der Waals surface area contributed by atoms with Crippen LogP contribution in [0.1, 0.15) is 37.4 Å². The molecular weight excluding hydrogens is 278 g/mol. The van der Waals surface area contributed by atoms with E-state index in [2.05, 4.69) is 0 Å². The molecule has 0 saturated heterocycles. The van der Waals surface area contributed by atoms with Crippen LogP contribution in [-0.2, 0) is 10.2 Å². The summed E-state index contributed by atoms with van der Waals surface area (Å²) in [6, 6.07) is 1.77. The summed E-state index contributed by atoms with van der Waals surface area (Å²) in [6.45, 7) is 1.85. The van der Waals surface area contributed by atoms with Crippen LogP contribution in [0.2, 0.25) is 0 Å². The van der Waals surface area contributed by atoms with Gasteiger partial charge in [0.15, 0.2) is 0 Å². The quantitative estimate of drug-likeness (QED) is 0.838. The van der Waals surface area contributed by atoms with E-state index in [0.29, 0.717) is 0 Å². The SMILES string of the molecule is CC(C)(c1cc(F)cc(C(N)CC(=O)O)c1)C(F)(F)F.